The molecular weight excluding hydrogens is 481 g/mol. The molecule has 5 nitrogen and oxygen atoms in total. The Morgan fingerprint density at radius 2 is 2.10 bits per heavy atom. The van der Waals surface area contributed by atoms with E-state index < -0.39 is 0 Å². The number of thiocarbonyl (C=S) groups is 1. The molecule has 2 saturated heterocycles. The van der Waals surface area contributed by atoms with Gasteiger partial charge in [-0.2, -0.15) is 0 Å². The summed E-state index contributed by atoms with van der Waals surface area (Å²) in [4.78, 5) is 20.6. The van der Waals surface area contributed by atoms with Crippen molar-refractivity contribution in [3.8, 4) is 10.6 Å². The molecule has 0 radical (unpaired) electrons. The largest absolute Gasteiger partial charge is 0.379 e. The number of aromatic nitrogens is 1. The van der Waals surface area contributed by atoms with Crippen LogP contribution in [0.3, 0.4) is 0 Å². The number of benzene rings is 1. The van der Waals surface area contributed by atoms with Gasteiger partial charge in [0.1, 0.15) is 9.33 Å². The van der Waals surface area contributed by atoms with Crippen molar-refractivity contribution < 1.29 is 9.53 Å². The summed E-state index contributed by atoms with van der Waals surface area (Å²) in [6.45, 7) is 4.15. The van der Waals surface area contributed by atoms with Gasteiger partial charge in [0.15, 0.2) is 0 Å². The van der Waals surface area contributed by atoms with Crippen LogP contribution in [0, 0.1) is 0 Å². The molecule has 1 aromatic heterocycles. The van der Waals surface area contributed by atoms with E-state index in [2.05, 4.69) is 16.3 Å². The minimum atomic E-state index is -0.191. The Bertz CT molecular complexity index is 1050. The zero-order valence-electron chi connectivity index (χ0n) is 15.7. The number of carbonyl (C=O) groups is 1. The van der Waals surface area contributed by atoms with E-state index in [-0.39, 0.29) is 5.91 Å². The zero-order valence-corrected chi connectivity index (χ0v) is 19.7. The van der Waals surface area contributed by atoms with E-state index in [1.807, 2.05) is 12.2 Å². The Morgan fingerprint density at radius 1 is 1.30 bits per heavy atom. The molecule has 156 valence electrons. The summed E-state index contributed by atoms with van der Waals surface area (Å²) in [5, 5.41) is 4.55. The van der Waals surface area contributed by atoms with Gasteiger partial charge in [-0.1, -0.05) is 53.3 Å². The number of thioether (sulfide) groups is 1. The number of nitrogens with one attached hydrogen (secondary N) is 1. The van der Waals surface area contributed by atoms with Gasteiger partial charge in [0, 0.05) is 30.2 Å². The van der Waals surface area contributed by atoms with Crippen LogP contribution >= 0.6 is 58.5 Å². The number of hydrogen-bond acceptors (Lipinski definition) is 7. The van der Waals surface area contributed by atoms with Crippen LogP contribution in [0.4, 0.5) is 0 Å². The van der Waals surface area contributed by atoms with Gasteiger partial charge >= 0.3 is 0 Å². The van der Waals surface area contributed by atoms with E-state index >= 15 is 0 Å². The van der Waals surface area contributed by atoms with Crippen LogP contribution in [0.5, 0.6) is 0 Å². The molecule has 1 N–H and O–H groups in total. The first-order valence-corrected chi connectivity index (χ1v) is 12.0. The number of halogens is 2. The second-order valence-electron chi connectivity index (χ2n) is 6.56. The number of thiazole rings is 1. The normalized spacial score (nSPS) is 19.2. The lowest BCUT2D eigenvalue weighted by Crippen LogP contribution is -2.36. The van der Waals surface area contributed by atoms with Crippen molar-refractivity contribution >= 4 is 80.9 Å². The van der Waals surface area contributed by atoms with E-state index in [1.54, 1.807) is 18.2 Å². The maximum atomic E-state index is 12.1. The molecule has 0 unspecified atom stereocenters. The van der Waals surface area contributed by atoms with E-state index in [1.165, 1.54) is 23.1 Å². The first-order chi connectivity index (χ1) is 14.5. The van der Waals surface area contributed by atoms with E-state index in [4.69, 9.17) is 45.1 Å². The van der Waals surface area contributed by atoms with Crippen molar-refractivity contribution in [3.63, 3.8) is 0 Å². The molecule has 2 aliphatic heterocycles. The zero-order chi connectivity index (χ0) is 21.1. The highest BCUT2D eigenvalue weighted by Gasteiger charge is 2.23. The molecule has 2 aliphatic rings. The molecule has 30 heavy (non-hydrogen) atoms. The van der Waals surface area contributed by atoms with Crippen LogP contribution < -0.4 is 5.32 Å². The third kappa shape index (κ3) is 5.31. The van der Waals surface area contributed by atoms with Gasteiger partial charge in [-0.05, 0) is 30.4 Å². The predicted molar refractivity (Wildman–Crippen MR) is 130 cm³/mol. The van der Waals surface area contributed by atoms with E-state index in [9.17, 15) is 4.79 Å². The third-order valence-electron chi connectivity index (χ3n) is 4.49. The van der Waals surface area contributed by atoms with Crippen LogP contribution in [0.2, 0.25) is 10.0 Å². The molecular formula is C20H17Cl2N3O2S3. The lowest BCUT2D eigenvalue weighted by molar-refractivity contribution is -0.115. The molecule has 2 fully saturated rings. The summed E-state index contributed by atoms with van der Waals surface area (Å²) in [5.74, 6) is -0.191. The summed E-state index contributed by atoms with van der Waals surface area (Å²) in [5.41, 5.74) is 1.54. The summed E-state index contributed by atoms with van der Waals surface area (Å²) >= 11 is 20.3. The number of amides is 1. The smallest absolute Gasteiger partial charge is 0.263 e. The quantitative estimate of drug-likeness (QED) is 0.465. The summed E-state index contributed by atoms with van der Waals surface area (Å²) < 4.78 is 5.85. The van der Waals surface area contributed by atoms with Crippen LogP contribution in [0.25, 0.3) is 22.7 Å². The topological polar surface area (TPSA) is 54.5 Å². The fraction of sp³-hybridized carbons (Fsp3) is 0.250. The van der Waals surface area contributed by atoms with Crippen molar-refractivity contribution in [1.29, 1.82) is 0 Å². The summed E-state index contributed by atoms with van der Waals surface area (Å²) in [6, 6.07) is 5.30. The summed E-state index contributed by atoms with van der Waals surface area (Å²) in [7, 11) is 0. The van der Waals surface area contributed by atoms with Gasteiger partial charge in [0.05, 0.1) is 33.7 Å². The highest BCUT2D eigenvalue weighted by Crippen LogP contribution is 2.37. The number of hydrogen-bond donors (Lipinski definition) is 1. The molecule has 1 aromatic carbocycles. The van der Waals surface area contributed by atoms with E-state index in [0.29, 0.717) is 19.3 Å². The van der Waals surface area contributed by atoms with Gasteiger partial charge in [0.25, 0.3) is 5.91 Å². The fourth-order valence-electron chi connectivity index (χ4n) is 2.98. The maximum absolute atomic E-state index is 12.1. The monoisotopic (exact) mass is 497 g/mol. The van der Waals surface area contributed by atoms with Crippen LogP contribution in [-0.2, 0) is 9.53 Å². The number of ether oxygens (including phenoxy) is 1. The molecule has 0 aliphatic carbocycles. The van der Waals surface area contributed by atoms with Gasteiger partial charge < -0.3 is 10.1 Å². The van der Waals surface area contributed by atoms with Crippen molar-refractivity contribution in [2.75, 3.05) is 32.8 Å². The molecule has 0 atom stereocenters. The SMILES string of the molecule is O=C1NC(=S)S/C1=C\c1sc(-c2cc(Cl)ccc2Cl)nc1/C=C/CN1CCOCC1. The van der Waals surface area contributed by atoms with Crippen LogP contribution in [0.1, 0.15) is 10.6 Å². The number of rotatable bonds is 5. The lowest BCUT2D eigenvalue weighted by atomic mass is 10.2. The first-order valence-electron chi connectivity index (χ1n) is 9.17. The van der Waals surface area contributed by atoms with Crippen LogP contribution in [0.15, 0.2) is 29.2 Å². The van der Waals surface area contributed by atoms with Gasteiger partial charge in [0.2, 0.25) is 0 Å². The molecule has 0 saturated carbocycles. The van der Waals surface area contributed by atoms with Crippen molar-refractivity contribution in [2.45, 2.75) is 0 Å². The summed E-state index contributed by atoms with van der Waals surface area (Å²) in [6.07, 6.45) is 5.89. The molecule has 10 heteroatoms. The molecule has 2 aromatic rings. The maximum Gasteiger partial charge on any atom is 0.263 e. The number of carbonyl (C=O) groups excluding carboxylic acids is 1. The predicted octanol–water partition coefficient (Wildman–Crippen LogP) is 4.95. The Labute approximate surface area is 198 Å². The van der Waals surface area contributed by atoms with Crippen molar-refractivity contribution in [3.05, 3.63) is 49.8 Å². The Hall–Kier alpha value is -1.26. The second kappa shape index (κ2) is 9.91. The van der Waals surface area contributed by atoms with Gasteiger partial charge in [-0.25, -0.2) is 4.98 Å². The number of nitrogens with zero attached hydrogens (tertiary/aromatic N) is 2. The average Bonchev–Trinajstić information content (AvgIpc) is 3.27. The second-order valence-corrected chi connectivity index (χ2v) is 10.2. The first kappa shape index (κ1) is 22.0. The minimum Gasteiger partial charge on any atom is -0.379 e. The fourth-order valence-corrected chi connectivity index (χ4v) is 5.54. The number of morpholine rings is 1. The van der Waals surface area contributed by atoms with E-state index in [0.717, 1.165) is 54.0 Å². The molecule has 0 spiro atoms. The Morgan fingerprint density at radius 3 is 2.83 bits per heavy atom. The lowest BCUT2D eigenvalue weighted by Gasteiger charge is -2.25. The Kier molecular flexibility index (Phi) is 7.25. The molecule has 3 heterocycles. The van der Waals surface area contributed by atoms with Gasteiger partial charge in [-0.15, -0.1) is 11.3 Å². The molecule has 0 bridgehead atoms. The minimum absolute atomic E-state index is 0.191. The van der Waals surface area contributed by atoms with Gasteiger partial charge in [-0.3, -0.25) is 9.69 Å². The van der Waals surface area contributed by atoms with Crippen molar-refractivity contribution in [1.82, 2.24) is 15.2 Å². The average molecular weight is 498 g/mol. The Balaban J connectivity index is 1.66. The highest BCUT2D eigenvalue weighted by molar-refractivity contribution is 8.26. The standard InChI is InChI=1S/C20H17Cl2N3O2S3/c21-12-3-4-14(22)13(10-12)19-23-15(2-1-5-25-6-8-27-9-7-25)16(29-19)11-17-18(26)24-20(28)30-17/h1-4,10-11H,5-9H2,(H,24,26,28)/b2-1+,17-11-. The van der Waals surface area contributed by atoms with Crippen molar-refractivity contribution in [2.24, 2.45) is 0 Å². The molecule has 4 rings (SSSR count). The molecule has 1 amide bonds. The third-order valence-corrected chi connectivity index (χ3v) is 7.27. The highest BCUT2D eigenvalue weighted by atomic mass is 35.5. The van der Waals surface area contributed by atoms with Crippen LogP contribution in [-0.4, -0.2) is 53.0 Å².